The maximum absolute atomic E-state index is 5.55. The topological polar surface area (TPSA) is 21.3 Å². The van der Waals surface area contributed by atoms with Crippen LogP contribution in [0, 0.1) is 0 Å². The van der Waals surface area contributed by atoms with Crippen LogP contribution in [-0.4, -0.2) is 13.2 Å². The van der Waals surface area contributed by atoms with Gasteiger partial charge in [0.2, 0.25) is 0 Å². The van der Waals surface area contributed by atoms with Gasteiger partial charge in [-0.3, -0.25) is 0 Å². The maximum atomic E-state index is 5.55. The summed E-state index contributed by atoms with van der Waals surface area (Å²) in [7, 11) is 0. The van der Waals surface area contributed by atoms with Crippen LogP contribution in [0.15, 0.2) is 24.3 Å². The Morgan fingerprint density at radius 3 is 2.38 bits per heavy atom. The van der Waals surface area contributed by atoms with Gasteiger partial charge in [-0.25, -0.2) is 0 Å². The molecule has 0 spiro atoms. The van der Waals surface area contributed by atoms with Crippen molar-refractivity contribution in [1.82, 2.24) is 5.32 Å². The molecule has 0 heterocycles. The highest BCUT2D eigenvalue weighted by Gasteiger charge is 2.03. The summed E-state index contributed by atoms with van der Waals surface area (Å²) in [5.41, 5.74) is 1.32. The van der Waals surface area contributed by atoms with Gasteiger partial charge in [0.25, 0.3) is 0 Å². The summed E-state index contributed by atoms with van der Waals surface area (Å²) in [5.74, 6) is 0.966. The van der Waals surface area contributed by atoms with E-state index in [1.165, 1.54) is 12.0 Å². The van der Waals surface area contributed by atoms with Crippen molar-refractivity contribution in [3.8, 4) is 5.75 Å². The summed E-state index contributed by atoms with van der Waals surface area (Å²) in [6, 6.07) is 8.79. The first kappa shape index (κ1) is 13.0. The average molecular weight is 221 g/mol. The van der Waals surface area contributed by atoms with Gasteiger partial charge in [-0.05, 0) is 44.0 Å². The number of hydrogen-bond acceptors (Lipinski definition) is 2. The van der Waals surface area contributed by atoms with E-state index in [9.17, 15) is 0 Å². The molecular formula is C14H23NO. The zero-order valence-corrected chi connectivity index (χ0v) is 10.6. The van der Waals surface area contributed by atoms with E-state index >= 15 is 0 Å². The zero-order chi connectivity index (χ0) is 11.8. The van der Waals surface area contributed by atoms with Crippen molar-refractivity contribution < 1.29 is 4.74 Å². The summed E-state index contributed by atoms with van der Waals surface area (Å²) in [4.78, 5) is 0. The van der Waals surface area contributed by atoms with Crippen molar-refractivity contribution in [2.24, 2.45) is 0 Å². The Labute approximate surface area is 99.0 Å². The van der Waals surface area contributed by atoms with Gasteiger partial charge in [0.1, 0.15) is 5.75 Å². The molecular weight excluding hydrogens is 198 g/mol. The van der Waals surface area contributed by atoms with Crippen LogP contribution in [0.3, 0.4) is 0 Å². The number of ether oxygens (including phenoxy) is 1. The molecule has 0 fully saturated rings. The quantitative estimate of drug-likeness (QED) is 0.760. The van der Waals surface area contributed by atoms with E-state index in [-0.39, 0.29) is 0 Å². The Bertz CT molecular complexity index is 281. The maximum Gasteiger partial charge on any atom is 0.119 e. The third-order valence-electron chi connectivity index (χ3n) is 2.55. The van der Waals surface area contributed by atoms with E-state index in [1.807, 2.05) is 0 Å². The van der Waals surface area contributed by atoms with Crippen LogP contribution < -0.4 is 10.1 Å². The van der Waals surface area contributed by atoms with E-state index in [0.717, 1.165) is 25.3 Å². The van der Waals surface area contributed by atoms with Crippen LogP contribution in [0.4, 0.5) is 0 Å². The first-order valence-electron chi connectivity index (χ1n) is 6.24. The predicted octanol–water partition coefficient (Wildman–Crippen LogP) is 3.54. The smallest absolute Gasteiger partial charge is 0.119 e. The van der Waals surface area contributed by atoms with Gasteiger partial charge in [0, 0.05) is 6.04 Å². The van der Waals surface area contributed by atoms with E-state index < -0.39 is 0 Å². The van der Waals surface area contributed by atoms with Gasteiger partial charge in [0.15, 0.2) is 0 Å². The SMILES string of the molecule is CCCN[C@@H](C)c1ccc(OCCC)cc1. The molecule has 1 aromatic carbocycles. The molecule has 0 bridgehead atoms. The molecule has 1 rings (SSSR count). The minimum atomic E-state index is 0.417. The van der Waals surface area contributed by atoms with Gasteiger partial charge in [-0.15, -0.1) is 0 Å². The van der Waals surface area contributed by atoms with Crippen molar-refractivity contribution in [3.05, 3.63) is 29.8 Å². The molecule has 16 heavy (non-hydrogen) atoms. The fraction of sp³-hybridized carbons (Fsp3) is 0.571. The molecule has 0 unspecified atom stereocenters. The van der Waals surface area contributed by atoms with Crippen molar-refractivity contribution in [1.29, 1.82) is 0 Å². The third-order valence-corrected chi connectivity index (χ3v) is 2.55. The second-order valence-corrected chi connectivity index (χ2v) is 4.09. The summed E-state index contributed by atoms with van der Waals surface area (Å²) in [6.45, 7) is 8.35. The first-order valence-corrected chi connectivity index (χ1v) is 6.24. The number of rotatable bonds is 7. The average Bonchev–Trinajstić information content (AvgIpc) is 2.34. The molecule has 0 amide bonds. The minimum absolute atomic E-state index is 0.417. The second-order valence-electron chi connectivity index (χ2n) is 4.09. The summed E-state index contributed by atoms with van der Waals surface area (Å²) >= 11 is 0. The molecule has 0 saturated heterocycles. The molecule has 1 atom stereocenters. The number of hydrogen-bond donors (Lipinski definition) is 1. The predicted molar refractivity (Wildman–Crippen MR) is 68.9 cm³/mol. The van der Waals surface area contributed by atoms with Gasteiger partial charge in [0.05, 0.1) is 6.61 Å². The van der Waals surface area contributed by atoms with Crippen molar-refractivity contribution in [2.45, 2.75) is 39.7 Å². The van der Waals surface area contributed by atoms with Crippen LogP contribution >= 0.6 is 0 Å². The lowest BCUT2D eigenvalue weighted by Gasteiger charge is -2.14. The molecule has 0 aromatic heterocycles. The summed E-state index contributed by atoms with van der Waals surface area (Å²) < 4.78 is 5.55. The molecule has 1 aromatic rings. The largest absolute Gasteiger partial charge is 0.494 e. The fourth-order valence-electron chi connectivity index (χ4n) is 1.55. The first-order chi connectivity index (χ1) is 7.77. The van der Waals surface area contributed by atoms with Crippen LogP contribution in [0.5, 0.6) is 5.75 Å². The Balaban J connectivity index is 2.49. The van der Waals surface area contributed by atoms with Crippen molar-refractivity contribution in [2.75, 3.05) is 13.2 Å². The molecule has 0 aliphatic heterocycles. The molecule has 2 heteroatoms. The monoisotopic (exact) mass is 221 g/mol. The van der Waals surface area contributed by atoms with Gasteiger partial charge in [-0.1, -0.05) is 26.0 Å². The Hall–Kier alpha value is -1.02. The van der Waals surface area contributed by atoms with Crippen LogP contribution in [0.25, 0.3) is 0 Å². The molecule has 1 N–H and O–H groups in total. The van der Waals surface area contributed by atoms with Crippen molar-refractivity contribution in [3.63, 3.8) is 0 Å². The molecule has 2 nitrogen and oxygen atoms in total. The standard InChI is InChI=1S/C14H23NO/c1-4-10-15-12(3)13-6-8-14(9-7-13)16-11-5-2/h6-9,12,15H,4-5,10-11H2,1-3H3/t12-/m0/s1. The highest BCUT2D eigenvalue weighted by Crippen LogP contribution is 2.17. The second kappa shape index (κ2) is 7.29. The molecule has 0 aliphatic carbocycles. The van der Waals surface area contributed by atoms with E-state index in [0.29, 0.717) is 6.04 Å². The molecule has 0 radical (unpaired) electrons. The van der Waals surface area contributed by atoms with Crippen molar-refractivity contribution >= 4 is 0 Å². The number of nitrogens with one attached hydrogen (secondary N) is 1. The Morgan fingerprint density at radius 2 is 1.81 bits per heavy atom. The molecule has 0 aliphatic rings. The summed E-state index contributed by atoms with van der Waals surface area (Å²) in [5, 5.41) is 3.47. The van der Waals surface area contributed by atoms with E-state index in [2.05, 4.69) is 50.4 Å². The van der Waals surface area contributed by atoms with Gasteiger partial charge >= 0.3 is 0 Å². The molecule has 90 valence electrons. The normalized spacial score (nSPS) is 12.4. The number of benzene rings is 1. The summed E-state index contributed by atoms with van der Waals surface area (Å²) in [6.07, 6.45) is 2.22. The van der Waals surface area contributed by atoms with Crippen LogP contribution in [0.1, 0.15) is 45.2 Å². The van der Waals surface area contributed by atoms with Crippen LogP contribution in [-0.2, 0) is 0 Å². The Kier molecular flexibility index (Phi) is 5.94. The van der Waals surface area contributed by atoms with Crippen LogP contribution in [0.2, 0.25) is 0 Å². The third kappa shape index (κ3) is 4.23. The Morgan fingerprint density at radius 1 is 1.12 bits per heavy atom. The lowest BCUT2D eigenvalue weighted by Crippen LogP contribution is -2.19. The highest BCUT2D eigenvalue weighted by molar-refractivity contribution is 5.28. The minimum Gasteiger partial charge on any atom is -0.494 e. The highest BCUT2D eigenvalue weighted by atomic mass is 16.5. The van der Waals surface area contributed by atoms with Gasteiger partial charge < -0.3 is 10.1 Å². The van der Waals surface area contributed by atoms with E-state index in [4.69, 9.17) is 4.74 Å². The fourth-order valence-corrected chi connectivity index (χ4v) is 1.55. The zero-order valence-electron chi connectivity index (χ0n) is 10.6. The van der Waals surface area contributed by atoms with E-state index in [1.54, 1.807) is 0 Å². The van der Waals surface area contributed by atoms with Gasteiger partial charge in [-0.2, -0.15) is 0 Å². The lowest BCUT2D eigenvalue weighted by atomic mass is 10.1. The lowest BCUT2D eigenvalue weighted by molar-refractivity contribution is 0.317. The molecule has 0 saturated carbocycles.